The van der Waals surface area contributed by atoms with E-state index in [1.165, 1.54) is 11.3 Å². The largest absolute Gasteiger partial charge is 0.302 e. The summed E-state index contributed by atoms with van der Waals surface area (Å²) in [6.45, 7) is 4.03. The molecule has 0 bridgehead atoms. The van der Waals surface area contributed by atoms with Gasteiger partial charge in [0.1, 0.15) is 0 Å². The Morgan fingerprint density at radius 1 is 1.07 bits per heavy atom. The SMILES string of the molecule is Cc1cc(C)n(-c2ccc(CCC(=O)Nc3nc(-c4ccccc4)cs3)cc2)n1. The van der Waals surface area contributed by atoms with Crippen LogP contribution in [0.5, 0.6) is 0 Å². The number of thiazole rings is 1. The number of benzene rings is 2. The molecule has 6 heteroatoms. The van der Waals surface area contributed by atoms with E-state index < -0.39 is 0 Å². The maximum atomic E-state index is 12.3. The number of nitrogens with one attached hydrogen (secondary N) is 1. The van der Waals surface area contributed by atoms with Crippen LogP contribution in [0.2, 0.25) is 0 Å². The van der Waals surface area contributed by atoms with Crippen molar-refractivity contribution in [3.05, 3.63) is 83.0 Å². The van der Waals surface area contributed by atoms with Gasteiger partial charge in [-0.1, -0.05) is 42.5 Å². The summed E-state index contributed by atoms with van der Waals surface area (Å²) in [6, 6.07) is 20.2. The van der Waals surface area contributed by atoms with Gasteiger partial charge < -0.3 is 5.32 Å². The molecular formula is C23H22N4OS. The van der Waals surface area contributed by atoms with Crippen LogP contribution in [-0.2, 0) is 11.2 Å². The summed E-state index contributed by atoms with van der Waals surface area (Å²) in [5.74, 6) is -0.0263. The molecule has 4 aromatic rings. The molecule has 146 valence electrons. The summed E-state index contributed by atoms with van der Waals surface area (Å²) < 4.78 is 1.93. The summed E-state index contributed by atoms with van der Waals surface area (Å²) >= 11 is 1.44. The highest BCUT2D eigenvalue weighted by Gasteiger charge is 2.09. The Hall–Kier alpha value is -3.25. The normalized spacial score (nSPS) is 10.8. The van der Waals surface area contributed by atoms with Gasteiger partial charge in [-0.3, -0.25) is 4.79 Å². The van der Waals surface area contributed by atoms with Gasteiger partial charge in [0, 0.05) is 23.1 Å². The highest BCUT2D eigenvalue weighted by molar-refractivity contribution is 7.14. The van der Waals surface area contributed by atoms with Gasteiger partial charge >= 0.3 is 0 Å². The predicted octanol–water partition coefficient (Wildman–Crippen LogP) is 5.18. The third-order valence-corrected chi connectivity index (χ3v) is 5.41. The van der Waals surface area contributed by atoms with Crippen molar-refractivity contribution in [3.8, 4) is 16.9 Å². The highest BCUT2D eigenvalue weighted by Crippen LogP contribution is 2.24. The van der Waals surface area contributed by atoms with Crippen LogP contribution < -0.4 is 5.32 Å². The van der Waals surface area contributed by atoms with E-state index in [0.717, 1.165) is 33.9 Å². The van der Waals surface area contributed by atoms with Crippen molar-refractivity contribution >= 4 is 22.4 Å². The summed E-state index contributed by atoms with van der Waals surface area (Å²) in [5, 5.41) is 10.00. The minimum Gasteiger partial charge on any atom is -0.302 e. The molecule has 2 aromatic carbocycles. The Labute approximate surface area is 174 Å². The zero-order chi connectivity index (χ0) is 20.2. The molecule has 0 fully saturated rings. The quantitative estimate of drug-likeness (QED) is 0.483. The van der Waals surface area contributed by atoms with Gasteiger partial charge in [-0.2, -0.15) is 5.10 Å². The maximum absolute atomic E-state index is 12.3. The molecule has 0 unspecified atom stereocenters. The smallest absolute Gasteiger partial charge is 0.226 e. The summed E-state index contributed by atoms with van der Waals surface area (Å²) in [7, 11) is 0. The van der Waals surface area contributed by atoms with Crippen molar-refractivity contribution < 1.29 is 4.79 Å². The van der Waals surface area contributed by atoms with Crippen molar-refractivity contribution in [1.29, 1.82) is 0 Å². The van der Waals surface area contributed by atoms with Crippen molar-refractivity contribution in [2.45, 2.75) is 26.7 Å². The molecule has 0 saturated heterocycles. The van der Waals surface area contributed by atoms with Crippen LogP contribution in [0.25, 0.3) is 16.9 Å². The van der Waals surface area contributed by atoms with Gasteiger partial charge in [0.25, 0.3) is 0 Å². The van der Waals surface area contributed by atoms with Gasteiger partial charge in [0.15, 0.2) is 5.13 Å². The van der Waals surface area contributed by atoms with E-state index in [-0.39, 0.29) is 5.91 Å². The van der Waals surface area contributed by atoms with Crippen molar-refractivity contribution in [1.82, 2.24) is 14.8 Å². The summed E-state index contributed by atoms with van der Waals surface area (Å²) in [6.07, 6.45) is 1.10. The molecule has 0 atom stereocenters. The first-order valence-electron chi connectivity index (χ1n) is 9.52. The number of aromatic nitrogens is 3. The molecule has 0 aliphatic carbocycles. The lowest BCUT2D eigenvalue weighted by Crippen LogP contribution is -2.12. The number of nitrogens with zero attached hydrogens (tertiary/aromatic N) is 3. The fourth-order valence-corrected chi connectivity index (χ4v) is 3.94. The van der Waals surface area contributed by atoms with E-state index in [1.807, 2.05) is 66.4 Å². The van der Waals surface area contributed by atoms with Gasteiger partial charge in [-0.15, -0.1) is 11.3 Å². The second-order valence-electron chi connectivity index (χ2n) is 6.96. The van der Waals surface area contributed by atoms with Crippen LogP contribution in [-0.4, -0.2) is 20.7 Å². The van der Waals surface area contributed by atoms with Crippen molar-refractivity contribution in [2.24, 2.45) is 0 Å². The highest BCUT2D eigenvalue weighted by atomic mass is 32.1. The minimum atomic E-state index is -0.0263. The monoisotopic (exact) mass is 402 g/mol. The Morgan fingerprint density at radius 3 is 2.52 bits per heavy atom. The molecule has 0 aliphatic rings. The van der Waals surface area contributed by atoms with Gasteiger partial charge in [0.2, 0.25) is 5.91 Å². The van der Waals surface area contributed by atoms with Crippen molar-refractivity contribution in [2.75, 3.05) is 5.32 Å². The fraction of sp³-hybridized carbons (Fsp3) is 0.174. The number of carbonyl (C=O) groups excluding carboxylic acids is 1. The van der Waals surface area contributed by atoms with Crippen LogP contribution in [0, 0.1) is 13.8 Å². The van der Waals surface area contributed by atoms with E-state index in [2.05, 4.69) is 33.6 Å². The maximum Gasteiger partial charge on any atom is 0.226 e. The lowest BCUT2D eigenvalue weighted by molar-refractivity contribution is -0.116. The van der Waals surface area contributed by atoms with Crippen LogP contribution in [0.15, 0.2) is 66.0 Å². The Kier molecular flexibility index (Phi) is 5.53. The number of aryl methyl sites for hydroxylation is 3. The number of carbonyl (C=O) groups is 1. The van der Waals surface area contributed by atoms with E-state index in [4.69, 9.17) is 0 Å². The zero-order valence-electron chi connectivity index (χ0n) is 16.4. The average molecular weight is 403 g/mol. The minimum absolute atomic E-state index is 0.0263. The van der Waals surface area contributed by atoms with Crippen LogP contribution in [0.4, 0.5) is 5.13 Å². The fourth-order valence-electron chi connectivity index (χ4n) is 3.21. The predicted molar refractivity (Wildman–Crippen MR) is 118 cm³/mol. The first-order valence-corrected chi connectivity index (χ1v) is 10.4. The van der Waals surface area contributed by atoms with E-state index in [1.54, 1.807) is 0 Å². The standard InChI is InChI=1S/C23H22N4OS/c1-16-14-17(2)27(26-16)20-11-8-18(9-12-20)10-13-22(28)25-23-24-21(15-29-23)19-6-4-3-5-7-19/h3-9,11-12,14-15H,10,13H2,1-2H3,(H,24,25,28). The lowest BCUT2D eigenvalue weighted by atomic mass is 10.1. The number of hydrogen-bond donors (Lipinski definition) is 1. The molecule has 2 heterocycles. The third kappa shape index (κ3) is 4.60. The zero-order valence-corrected chi connectivity index (χ0v) is 17.2. The first kappa shape index (κ1) is 19.1. The Bertz CT molecular complexity index is 1110. The van der Waals surface area contributed by atoms with Gasteiger partial charge in [-0.05, 0) is 44.0 Å². The van der Waals surface area contributed by atoms with E-state index >= 15 is 0 Å². The average Bonchev–Trinajstić information content (AvgIpc) is 3.33. The van der Waals surface area contributed by atoms with E-state index in [0.29, 0.717) is 18.0 Å². The van der Waals surface area contributed by atoms with Crippen LogP contribution in [0.3, 0.4) is 0 Å². The Balaban J connectivity index is 1.33. The topological polar surface area (TPSA) is 59.8 Å². The molecule has 0 radical (unpaired) electrons. The van der Waals surface area contributed by atoms with Crippen LogP contribution in [0.1, 0.15) is 23.4 Å². The molecule has 29 heavy (non-hydrogen) atoms. The molecule has 0 aliphatic heterocycles. The summed E-state index contributed by atoms with van der Waals surface area (Å²) in [4.78, 5) is 16.8. The number of hydrogen-bond acceptors (Lipinski definition) is 4. The molecule has 0 saturated carbocycles. The van der Waals surface area contributed by atoms with Gasteiger partial charge in [-0.25, -0.2) is 9.67 Å². The number of amides is 1. The lowest BCUT2D eigenvalue weighted by Gasteiger charge is -2.06. The second kappa shape index (κ2) is 8.41. The Morgan fingerprint density at radius 2 is 1.83 bits per heavy atom. The second-order valence-corrected chi connectivity index (χ2v) is 7.82. The first-order chi connectivity index (χ1) is 14.1. The molecule has 2 aromatic heterocycles. The van der Waals surface area contributed by atoms with Gasteiger partial charge in [0.05, 0.1) is 17.1 Å². The third-order valence-electron chi connectivity index (χ3n) is 4.65. The molecule has 5 nitrogen and oxygen atoms in total. The molecule has 1 N–H and O–H groups in total. The number of rotatable bonds is 6. The van der Waals surface area contributed by atoms with E-state index in [9.17, 15) is 4.79 Å². The molecule has 4 rings (SSSR count). The summed E-state index contributed by atoms with van der Waals surface area (Å²) in [5.41, 5.74) is 6.18. The molecule has 1 amide bonds. The number of anilines is 1. The van der Waals surface area contributed by atoms with Crippen LogP contribution >= 0.6 is 11.3 Å². The molecule has 0 spiro atoms. The molecular weight excluding hydrogens is 380 g/mol. The van der Waals surface area contributed by atoms with Crippen molar-refractivity contribution in [3.63, 3.8) is 0 Å².